The molecule has 0 saturated carbocycles. The number of nitrogens with one attached hydrogen (secondary N) is 1. The molecule has 0 bridgehead atoms. The Kier molecular flexibility index (Phi) is 6.26. The zero-order chi connectivity index (χ0) is 20.1. The summed E-state index contributed by atoms with van der Waals surface area (Å²) in [6, 6.07) is 16.3. The highest BCUT2D eigenvalue weighted by Crippen LogP contribution is 2.20. The van der Waals surface area contributed by atoms with Gasteiger partial charge in [0.1, 0.15) is 0 Å². The van der Waals surface area contributed by atoms with Crippen LogP contribution in [-0.2, 0) is 7.05 Å². The van der Waals surface area contributed by atoms with Gasteiger partial charge in [-0.1, -0.05) is 59.8 Å². The largest absolute Gasteiger partial charge is 0.342 e. The Bertz CT molecular complexity index is 968. The molecule has 0 fully saturated rings. The van der Waals surface area contributed by atoms with Crippen LogP contribution in [0.1, 0.15) is 45.1 Å². The molecular weight excluding hydrogens is 372 g/mol. The average molecular weight is 395 g/mol. The van der Waals surface area contributed by atoms with Crippen molar-refractivity contribution in [3.63, 3.8) is 0 Å². The van der Waals surface area contributed by atoms with E-state index in [4.69, 9.17) is 0 Å². The summed E-state index contributed by atoms with van der Waals surface area (Å²) < 4.78 is 1.81. The third-order valence-electron chi connectivity index (χ3n) is 4.35. The summed E-state index contributed by atoms with van der Waals surface area (Å²) in [7, 11) is 1.83. The van der Waals surface area contributed by atoms with E-state index in [2.05, 4.69) is 15.5 Å². The molecule has 1 heterocycles. The number of rotatable bonds is 7. The van der Waals surface area contributed by atoms with Gasteiger partial charge in [0.05, 0.1) is 11.8 Å². The smallest absolute Gasteiger partial charge is 0.251 e. The summed E-state index contributed by atoms with van der Waals surface area (Å²) in [6.45, 7) is 3.84. The molecule has 2 aromatic carbocycles. The lowest BCUT2D eigenvalue weighted by molar-refractivity contribution is 0.0937. The van der Waals surface area contributed by atoms with Crippen LogP contribution in [0.25, 0.3) is 0 Å². The molecule has 1 amide bonds. The molecule has 144 valence electrons. The van der Waals surface area contributed by atoms with Gasteiger partial charge < -0.3 is 9.88 Å². The van der Waals surface area contributed by atoms with Crippen LogP contribution in [-0.4, -0.2) is 32.2 Å². The first-order valence-corrected chi connectivity index (χ1v) is 9.92. The second-order valence-corrected chi connectivity index (χ2v) is 7.48. The Morgan fingerprint density at radius 2 is 1.71 bits per heavy atom. The second-order valence-electron chi connectivity index (χ2n) is 6.54. The SMILES string of the molecule is Cc1ccc(C(=O)NC(C)c2nnc(SCC(=O)c3ccccc3)n2C)cc1. The van der Waals surface area contributed by atoms with Gasteiger partial charge in [-0.2, -0.15) is 0 Å². The lowest BCUT2D eigenvalue weighted by Gasteiger charge is -2.13. The van der Waals surface area contributed by atoms with Crippen molar-refractivity contribution in [2.75, 3.05) is 5.75 Å². The molecule has 1 aromatic heterocycles. The van der Waals surface area contributed by atoms with Gasteiger partial charge in [-0.05, 0) is 26.0 Å². The molecule has 1 unspecified atom stereocenters. The molecule has 1 N–H and O–H groups in total. The summed E-state index contributed by atoms with van der Waals surface area (Å²) in [5, 5.41) is 11.9. The number of carbonyl (C=O) groups is 2. The van der Waals surface area contributed by atoms with Crippen LogP contribution in [0.5, 0.6) is 0 Å². The zero-order valence-electron chi connectivity index (χ0n) is 16.0. The van der Waals surface area contributed by atoms with Crippen LogP contribution in [0.3, 0.4) is 0 Å². The highest BCUT2D eigenvalue weighted by Gasteiger charge is 2.19. The minimum absolute atomic E-state index is 0.0378. The summed E-state index contributed by atoms with van der Waals surface area (Å²) in [5.74, 6) is 0.787. The molecule has 0 aliphatic heterocycles. The summed E-state index contributed by atoms with van der Waals surface area (Å²) >= 11 is 1.33. The van der Waals surface area contributed by atoms with E-state index in [1.54, 1.807) is 24.3 Å². The lowest BCUT2D eigenvalue weighted by atomic mass is 10.1. The number of Topliss-reactive ketones (excluding diaryl/α,β-unsaturated/α-hetero) is 1. The Morgan fingerprint density at radius 3 is 2.39 bits per heavy atom. The van der Waals surface area contributed by atoms with Gasteiger partial charge in [-0.15, -0.1) is 10.2 Å². The maximum atomic E-state index is 12.4. The highest BCUT2D eigenvalue weighted by atomic mass is 32.2. The van der Waals surface area contributed by atoms with Crippen molar-refractivity contribution in [3.05, 3.63) is 77.1 Å². The van der Waals surface area contributed by atoms with E-state index < -0.39 is 0 Å². The first-order chi connectivity index (χ1) is 13.5. The number of amides is 1. The maximum absolute atomic E-state index is 12.4. The fraction of sp³-hybridized carbons (Fsp3) is 0.238. The van der Waals surface area contributed by atoms with Crippen LogP contribution in [0, 0.1) is 6.92 Å². The van der Waals surface area contributed by atoms with Gasteiger partial charge in [0.2, 0.25) is 0 Å². The van der Waals surface area contributed by atoms with Crippen molar-refractivity contribution in [1.29, 1.82) is 0 Å². The topological polar surface area (TPSA) is 76.9 Å². The van der Waals surface area contributed by atoms with E-state index in [1.807, 2.05) is 55.8 Å². The number of benzene rings is 2. The summed E-state index contributed by atoms with van der Waals surface area (Å²) in [6.07, 6.45) is 0. The molecule has 0 aliphatic carbocycles. The molecular formula is C21H22N4O2S. The van der Waals surface area contributed by atoms with E-state index in [0.29, 0.717) is 22.1 Å². The van der Waals surface area contributed by atoms with E-state index in [0.717, 1.165) is 5.56 Å². The number of hydrogen-bond donors (Lipinski definition) is 1. The first kappa shape index (κ1) is 19.8. The van der Waals surface area contributed by atoms with Gasteiger partial charge in [-0.25, -0.2) is 0 Å². The summed E-state index contributed by atoms with van der Waals surface area (Å²) in [4.78, 5) is 24.7. The molecule has 28 heavy (non-hydrogen) atoms. The molecule has 6 nitrogen and oxygen atoms in total. The van der Waals surface area contributed by atoms with E-state index in [9.17, 15) is 9.59 Å². The monoisotopic (exact) mass is 394 g/mol. The molecule has 0 spiro atoms. The van der Waals surface area contributed by atoms with Crippen molar-refractivity contribution in [1.82, 2.24) is 20.1 Å². The van der Waals surface area contributed by atoms with Crippen LogP contribution in [0.4, 0.5) is 0 Å². The van der Waals surface area contributed by atoms with Crippen molar-refractivity contribution in [2.45, 2.75) is 25.0 Å². The predicted octanol–water partition coefficient (Wildman–Crippen LogP) is 3.59. The van der Waals surface area contributed by atoms with Gasteiger partial charge in [0.15, 0.2) is 16.8 Å². The third kappa shape index (κ3) is 4.67. The van der Waals surface area contributed by atoms with E-state index in [1.165, 1.54) is 11.8 Å². The Hall–Kier alpha value is -2.93. The van der Waals surface area contributed by atoms with Crippen LogP contribution >= 0.6 is 11.8 Å². The number of aromatic nitrogens is 3. The zero-order valence-corrected chi connectivity index (χ0v) is 16.9. The Balaban J connectivity index is 1.62. The molecule has 7 heteroatoms. The number of carbonyl (C=O) groups excluding carboxylic acids is 2. The molecule has 3 rings (SSSR count). The minimum Gasteiger partial charge on any atom is -0.342 e. The van der Waals surface area contributed by atoms with Crippen molar-refractivity contribution >= 4 is 23.5 Å². The van der Waals surface area contributed by atoms with Gasteiger partial charge in [-0.3, -0.25) is 9.59 Å². The van der Waals surface area contributed by atoms with Crippen LogP contribution in [0.15, 0.2) is 59.8 Å². The maximum Gasteiger partial charge on any atom is 0.251 e. The summed E-state index contributed by atoms with van der Waals surface area (Å²) in [5.41, 5.74) is 2.38. The van der Waals surface area contributed by atoms with Crippen molar-refractivity contribution < 1.29 is 9.59 Å². The predicted molar refractivity (Wildman–Crippen MR) is 110 cm³/mol. The lowest BCUT2D eigenvalue weighted by Crippen LogP contribution is -2.28. The number of thioether (sulfide) groups is 1. The Labute approximate surface area is 168 Å². The van der Waals surface area contributed by atoms with Crippen LogP contribution in [0.2, 0.25) is 0 Å². The van der Waals surface area contributed by atoms with Gasteiger partial charge in [0, 0.05) is 18.2 Å². The Morgan fingerprint density at radius 1 is 1.04 bits per heavy atom. The number of nitrogens with zero attached hydrogens (tertiary/aromatic N) is 3. The van der Waals surface area contributed by atoms with Crippen molar-refractivity contribution in [2.24, 2.45) is 7.05 Å². The fourth-order valence-electron chi connectivity index (χ4n) is 2.72. The molecule has 1 atom stereocenters. The number of hydrogen-bond acceptors (Lipinski definition) is 5. The van der Waals surface area contributed by atoms with Gasteiger partial charge in [0.25, 0.3) is 5.91 Å². The second kappa shape index (κ2) is 8.84. The molecule has 0 saturated heterocycles. The average Bonchev–Trinajstić information content (AvgIpc) is 3.07. The quantitative estimate of drug-likeness (QED) is 0.489. The van der Waals surface area contributed by atoms with Crippen molar-refractivity contribution in [3.8, 4) is 0 Å². The normalized spacial score (nSPS) is 11.8. The third-order valence-corrected chi connectivity index (χ3v) is 5.37. The molecule has 0 aliphatic rings. The standard InChI is InChI=1S/C21H22N4O2S/c1-14-9-11-17(12-10-14)20(27)22-15(2)19-23-24-21(25(19)3)28-13-18(26)16-7-5-4-6-8-16/h4-12,15H,13H2,1-3H3,(H,22,27). The highest BCUT2D eigenvalue weighted by molar-refractivity contribution is 7.99. The first-order valence-electron chi connectivity index (χ1n) is 8.93. The number of aryl methyl sites for hydroxylation is 1. The minimum atomic E-state index is -0.314. The van der Waals surface area contributed by atoms with Crippen LogP contribution < -0.4 is 5.32 Å². The van der Waals surface area contributed by atoms with Gasteiger partial charge >= 0.3 is 0 Å². The van der Waals surface area contributed by atoms with E-state index in [-0.39, 0.29) is 23.5 Å². The van der Waals surface area contributed by atoms with E-state index >= 15 is 0 Å². The molecule has 3 aromatic rings. The number of ketones is 1. The fourth-order valence-corrected chi connectivity index (χ4v) is 3.53. The molecule has 0 radical (unpaired) electrons.